The van der Waals surface area contributed by atoms with Crippen molar-refractivity contribution in [2.45, 2.75) is 70.6 Å². The fourth-order valence-electron chi connectivity index (χ4n) is 4.62. The number of amides is 1. The van der Waals surface area contributed by atoms with E-state index >= 15 is 0 Å². The number of hydrogen-bond donors (Lipinski definition) is 1. The number of hydrogen-bond acceptors (Lipinski definition) is 5. The molecule has 27 heavy (non-hydrogen) atoms. The number of aromatic nitrogens is 3. The number of piperidine rings is 1. The van der Waals surface area contributed by atoms with Crippen molar-refractivity contribution in [3.8, 4) is 0 Å². The molecule has 0 aromatic carbocycles. The number of carbonyl (C=O) groups excluding carboxylic acids is 1. The number of likely N-dealkylation sites (tertiary alicyclic amines) is 2. The molecular formula is C18H32Cl2N6O. The van der Waals surface area contributed by atoms with Gasteiger partial charge in [0, 0.05) is 44.2 Å². The fourth-order valence-corrected chi connectivity index (χ4v) is 4.62. The van der Waals surface area contributed by atoms with E-state index in [1.807, 2.05) is 0 Å². The van der Waals surface area contributed by atoms with E-state index in [2.05, 4.69) is 43.7 Å². The predicted octanol–water partition coefficient (Wildman–Crippen LogP) is 1.80. The predicted molar refractivity (Wildman–Crippen MR) is 110 cm³/mol. The van der Waals surface area contributed by atoms with Crippen molar-refractivity contribution in [3.63, 3.8) is 0 Å². The first-order chi connectivity index (χ1) is 12.1. The van der Waals surface area contributed by atoms with E-state index in [9.17, 15) is 4.79 Å². The molecule has 4 rings (SSSR count). The fraction of sp³-hybridized carbons (Fsp3) is 0.833. The summed E-state index contributed by atoms with van der Waals surface area (Å²) in [6.07, 6.45) is 4.43. The van der Waals surface area contributed by atoms with Gasteiger partial charge in [0.1, 0.15) is 11.6 Å². The Labute approximate surface area is 174 Å². The van der Waals surface area contributed by atoms with E-state index in [-0.39, 0.29) is 24.8 Å². The third-order valence-corrected chi connectivity index (χ3v) is 6.32. The van der Waals surface area contributed by atoms with E-state index in [0.717, 1.165) is 57.2 Å². The molecule has 1 amide bonds. The van der Waals surface area contributed by atoms with Crippen LogP contribution in [0.2, 0.25) is 0 Å². The number of halogens is 2. The molecule has 0 radical (unpaired) electrons. The molecule has 154 valence electrons. The minimum atomic E-state index is 0. The van der Waals surface area contributed by atoms with Crippen LogP contribution < -0.4 is 5.32 Å². The van der Waals surface area contributed by atoms with Crippen LogP contribution in [-0.4, -0.2) is 68.7 Å². The van der Waals surface area contributed by atoms with Gasteiger partial charge in [-0.1, -0.05) is 0 Å². The number of carbonyl (C=O) groups is 1. The van der Waals surface area contributed by atoms with Gasteiger partial charge in [0.25, 0.3) is 0 Å². The highest BCUT2D eigenvalue weighted by Gasteiger charge is 2.32. The van der Waals surface area contributed by atoms with E-state index in [0.29, 0.717) is 30.5 Å². The van der Waals surface area contributed by atoms with Crippen LogP contribution in [0.4, 0.5) is 0 Å². The second kappa shape index (κ2) is 9.54. The second-order valence-corrected chi connectivity index (χ2v) is 7.91. The van der Waals surface area contributed by atoms with Gasteiger partial charge in [-0.2, -0.15) is 0 Å². The lowest BCUT2D eigenvalue weighted by atomic mass is 9.95. The van der Waals surface area contributed by atoms with Crippen molar-refractivity contribution in [2.24, 2.45) is 0 Å². The normalized spacial score (nSPS) is 26.2. The molecule has 3 aliphatic rings. The Kier molecular flexibility index (Phi) is 7.92. The van der Waals surface area contributed by atoms with Gasteiger partial charge in [0.15, 0.2) is 0 Å². The van der Waals surface area contributed by atoms with Crippen LogP contribution >= 0.6 is 24.8 Å². The lowest BCUT2D eigenvalue weighted by molar-refractivity contribution is -0.134. The summed E-state index contributed by atoms with van der Waals surface area (Å²) in [7, 11) is 0. The Morgan fingerprint density at radius 2 is 1.70 bits per heavy atom. The number of fused-ring (bicyclic) bond motifs is 1. The Balaban J connectivity index is 0.00000131. The van der Waals surface area contributed by atoms with E-state index in [1.165, 1.54) is 12.8 Å². The Morgan fingerprint density at radius 1 is 1.04 bits per heavy atom. The van der Waals surface area contributed by atoms with Crippen molar-refractivity contribution < 1.29 is 4.79 Å². The van der Waals surface area contributed by atoms with Crippen molar-refractivity contribution in [1.29, 1.82) is 0 Å². The molecule has 0 saturated carbocycles. The van der Waals surface area contributed by atoms with Gasteiger partial charge in [0.2, 0.25) is 5.91 Å². The van der Waals surface area contributed by atoms with Gasteiger partial charge in [-0.3, -0.25) is 9.69 Å². The zero-order valence-corrected chi connectivity index (χ0v) is 17.9. The maximum absolute atomic E-state index is 12.7. The molecule has 3 aliphatic heterocycles. The minimum Gasteiger partial charge on any atom is -0.342 e. The summed E-state index contributed by atoms with van der Waals surface area (Å²) in [6.45, 7) is 9.53. The standard InChI is InChI=1S/C18H30N6O.2ClH/c1-13-3-4-14(2)24(13)12-17(25)22-8-5-15(6-9-22)18-21-20-16-11-19-7-10-23(16)18;;/h13-15,19H,3-12H2,1-2H3;2*1H. The second-order valence-electron chi connectivity index (χ2n) is 7.91. The third-order valence-electron chi connectivity index (χ3n) is 6.32. The van der Waals surface area contributed by atoms with Crippen LogP contribution in [0.3, 0.4) is 0 Å². The van der Waals surface area contributed by atoms with Gasteiger partial charge in [-0.05, 0) is 39.5 Å². The molecule has 0 spiro atoms. The Morgan fingerprint density at radius 3 is 2.37 bits per heavy atom. The van der Waals surface area contributed by atoms with Crippen molar-refractivity contribution in [3.05, 3.63) is 11.6 Å². The summed E-state index contributed by atoms with van der Waals surface area (Å²) < 4.78 is 2.28. The van der Waals surface area contributed by atoms with Crippen LogP contribution in [0.15, 0.2) is 0 Å². The minimum absolute atomic E-state index is 0. The summed E-state index contributed by atoms with van der Waals surface area (Å²) in [5.41, 5.74) is 0. The summed E-state index contributed by atoms with van der Waals surface area (Å²) in [5.74, 6) is 2.92. The van der Waals surface area contributed by atoms with Crippen LogP contribution in [0, 0.1) is 0 Å². The molecule has 2 atom stereocenters. The zero-order chi connectivity index (χ0) is 17.4. The maximum atomic E-state index is 12.7. The molecule has 9 heteroatoms. The van der Waals surface area contributed by atoms with Crippen LogP contribution in [0.5, 0.6) is 0 Å². The monoisotopic (exact) mass is 418 g/mol. The Hall–Kier alpha value is -0.890. The molecule has 7 nitrogen and oxygen atoms in total. The number of rotatable bonds is 3. The van der Waals surface area contributed by atoms with Gasteiger partial charge >= 0.3 is 0 Å². The molecule has 2 fully saturated rings. The SMILES string of the molecule is CC1CCC(C)N1CC(=O)N1CCC(c2nnc3n2CCNC3)CC1.Cl.Cl. The molecule has 1 aromatic rings. The molecule has 2 unspecified atom stereocenters. The average Bonchev–Trinajstić information content (AvgIpc) is 3.20. The first-order valence-electron chi connectivity index (χ1n) is 9.79. The largest absolute Gasteiger partial charge is 0.342 e. The van der Waals surface area contributed by atoms with Gasteiger partial charge < -0.3 is 14.8 Å². The third kappa shape index (κ3) is 4.58. The lowest BCUT2D eigenvalue weighted by Crippen LogP contribution is -2.46. The first-order valence-corrected chi connectivity index (χ1v) is 9.79. The lowest BCUT2D eigenvalue weighted by Gasteiger charge is -2.34. The molecule has 1 aromatic heterocycles. The Bertz CT molecular complexity index is 621. The smallest absolute Gasteiger partial charge is 0.236 e. The van der Waals surface area contributed by atoms with Crippen molar-refractivity contribution in [2.75, 3.05) is 26.2 Å². The maximum Gasteiger partial charge on any atom is 0.236 e. The molecule has 4 heterocycles. The zero-order valence-electron chi connectivity index (χ0n) is 16.3. The van der Waals surface area contributed by atoms with E-state index in [1.54, 1.807) is 0 Å². The molecule has 2 saturated heterocycles. The van der Waals surface area contributed by atoms with Crippen LogP contribution in [0.25, 0.3) is 0 Å². The van der Waals surface area contributed by atoms with Crippen LogP contribution in [0.1, 0.15) is 57.1 Å². The summed E-state index contributed by atoms with van der Waals surface area (Å²) in [6, 6.07) is 1.07. The van der Waals surface area contributed by atoms with E-state index < -0.39 is 0 Å². The quantitative estimate of drug-likeness (QED) is 0.810. The van der Waals surface area contributed by atoms with Gasteiger partial charge in [-0.15, -0.1) is 35.0 Å². The number of nitrogens with zero attached hydrogens (tertiary/aromatic N) is 5. The van der Waals surface area contributed by atoms with E-state index in [4.69, 9.17) is 0 Å². The van der Waals surface area contributed by atoms with Gasteiger partial charge in [-0.25, -0.2) is 0 Å². The van der Waals surface area contributed by atoms with Gasteiger partial charge in [0.05, 0.1) is 13.1 Å². The summed E-state index contributed by atoms with van der Waals surface area (Å²) in [4.78, 5) is 17.1. The number of nitrogens with one attached hydrogen (secondary N) is 1. The molecule has 1 N–H and O–H groups in total. The highest BCUT2D eigenvalue weighted by Crippen LogP contribution is 2.29. The van der Waals surface area contributed by atoms with Crippen molar-refractivity contribution >= 4 is 30.7 Å². The summed E-state index contributed by atoms with van der Waals surface area (Å²) in [5, 5.41) is 12.1. The highest BCUT2D eigenvalue weighted by molar-refractivity contribution is 5.85. The molecule has 0 aliphatic carbocycles. The van der Waals surface area contributed by atoms with Crippen LogP contribution in [-0.2, 0) is 17.9 Å². The average molecular weight is 419 g/mol. The molecule has 0 bridgehead atoms. The summed E-state index contributed by atoms with van der Waals surface area (Å²) >= 11 is 0. The molecular weight excluding hydrogens is 387 g/mol. The van der Waals surface area contributed by atoms with Crippen molar-refractivity contribution in [1.82, 2.24) is 29.9 Å². The topological polar surface area (TPSA) is 66.3 Å². The first kappa shape index (κ1) is 22.4. The highest BCUT2D eigenvalue weighted by atomic mass is 35.5.